The SMILES string of the molecule is Fc1ccc(F)c(CC2=CC3CCCC(C2)N3Cc2ccccc2)c1. The molecule has 2 aromatic carbocycles. The van der Waals surface area contributed by atoms with Crippen molar-refractivity contribution >= 4 is 0 Å². The Morgan fingerprint density at radius 1 is 1.00 bits per heavy atom. The van der Waals surface area contributed by atoms with Gasteiger partial charge in [0, 0.05) is 18.6 Å². The van der Waals surface area contributed by atoms with E-state index in [0.29, 0.717) is 24.1 Å². The second-order valence-electron chi connectivity index (χ2n) is 7.25. The highest BCUT2D eigenvalue weighted by atomic mass is 19.1. The topological polar surface area (TPSA) is 3.24 Å². The van der Waals surface area contributed by atoms with E-state index >= 15 is 0 Å². The third-order valence-electron chi connectivity index (χ3n) is 5.49. The van der Waals surface area contributed by atoms with Gasteiger partial charge in [-0.15, -0.1) is 0 Å². The van der Waals surface area contributed by atoms with E-state index in [0.717, 1.165) is 19.4 Å². The molecule has 25 heavy (non-hydrogen) atoms. The van der Waals surface area contributed by atoms with E-state index in [4.69, 9.17) is 0 Å². The molecule has 0 spiro atoms. The summed E-state index contributed by atoms with van der Waals surface area (Å²) in [6.45, 7) is 0.967. The fraction of sp³-hybridized carbons (Fsp3) is 0.364. The van der Waals surface area contributed by atoms with E-state index < -0.39 is 0 Å². The summed E-state index contributed by atoms with van der Waals surface area (Å²) < 4.78 is 27.4. The number of hydrogen-bond donors (Lipinski definition) is 0. The first-order chi connectivity index (χ1) is 12.2. The zero-order chi connectivity index (χ0) is 17.2. The number of nitrogens with zero attached hydrogens (tertiary/aromatic N) is 1. The summed E-state index contributed by atoms with van der Waals surface area (Å²) in [5.74, 6) is -0.669. The normalized spacial score (nSPS) is 23.4. The van der Waals surface area contributed by atoms with Crippen LogP contribution in [-0.4, -0.2) is 17.0 Å². The molecule has 2 bridgehead atoms. The number of rotatable bonds is 4. The van der Waals surface area contributed by atoms with Crippen molar-refractivity contribution in [2.75, 3.05) is 0 Å². The molecule has 1 saturated heterocycles. The minimum atomic E-state index is -0.362. The Labute approximate surface area is 148 Å². The Morgan fingerprint density at radius 3 is 2.64 bits per heavy atom. The standard InChI is InChI=1S/C22H23F2N/c23-19-9-10-22(24)18(14-19)11-17-12-20-7-4-8-21(13-17)25(20)15-16-5-2-1-3-6-16/h1-3,5-6,9-10,12,14,20-21H,4,7-8,11,13,15H2. The molecule has 130 valence electrons. The highest BCUT2D eigenvalue weighted by Gasteiger charge is 2.33. The van der Waals surface area contributed by atoms with Crippen molar-refractivity contribution in [3.05, 3.63) is 82.9 Å². The van der Waals surface area contributed by atoms with E-state index in [2.05, 4.69) is 35.2 Å². The molecule has 2 aliphatic heterocycles. The van der Waals surface area contributed by atoms with Gasteiger partial charge < -0.3 is 0 Å². The summed E-state index contributed by atoms with van der Waals surface area (Å²) in [6.07, 6.45) is 7.38. The first-order valence-electron chi connectivity index (χ1n) is 9.12. The summed E-state index contributed by atoms with van der Waals surface area (Å²) in [5.41, 5.74) is 3.07. The first kappa shape index (κ1) is 16.5. The molecule has 0 radical (unpaired) electrons. The Kier molecular flexibility index (Phi) is 4.67. The van der Waals surface area contributed by atoms with Crippen molar-refractivity contribution in [2.45, 2.75) is 50.7 Å². The second kappa shape index (κ2) is 7.09. The van der Waals surface area contributed by atoms with Gasteiger partial charge in [-0.2, -0.15) is 0 Å². The van der Waals surface area contributed by atoms with Gasteiger partial charge >= 0.3 is 0 Å². The van der Waals surface area contributed by atoms with Crippen LogP contribution in [0.4, 0.5) is 8.78 Å². The van der Waals surface area contributed by atoms with Gasteiger partial charge in [-0.25, -0.2) is 8.78 Å². The molecule has 2 heterocycles. The Balaban J connectivity index is 1.53. The molecule has 1 nitrogen and oxygen atoms in total. The summed E-state index contributed by atoms with van der Waals surface area (Å²) in [5, 5.41) is 0. The number of piperidine rings is 1. The van der Waals surface area contributed by atoms with Crippen LogP contribution in [0.3, 0.4) is 0 Å². The number of hydrogen-bond acceptors (Lipinski definition) is 1. The van der Waals surface area contributed by atoms with Crippen LogP contribution in [0.2, 0.25) is 0 Å². The Bertz CT molecular complexity index is 769. The van der Waals surface area contributed by atoms with Gasteiger partial charge in [-0.3, -0.25) is 4.90 Å². The maximum atomic E-state index is 14.0. The van der Waals surface area contributed by atoms with Gasteiger partial charge in [-0.1, -0.05) is 48.4 Å². The highest BCUT2D eigenvalue weighted by Crippen LogP contribution is 2.35. The van der Waals surface area contributed by atoms with Crippen LogP contribution in [0.1, 0.15) is 36.8 Å². The largest absolute Gasteiger partial charge is 0.289 e. The van der Waals surface area contributed by atoms with E-state index in [9.17, 15) is 8.78 Å². The molecule has 2 aromatic rings. The monoisotopic (exact) mass is 339 g/mol. The van der Waals surface area contributed by atoms with E-state index in [-0.39, 0.29) is 11.6 Å². The molecule has 0 aromatic heterocycles. The van der Waals surface area contributed by atoms with Crippen molar-refractivity contribution < 1.29 is 8.78 Å². The lowest BCUT2D eigenvalue weighted by Gasteiger charge is -2.45. The molecule has 2 unspecified atom stereocenters. The summed E-state index contributed by atoms with van der Waals surface area (Å²) >= 11 is 0. The van der Waals surface area contributed by atoms with Crippen molar-refractivity contribution in [1.29, 1.82) is 0 Å². The van der Waals surface area contributed by atoms with Gasteiger partial charge in [0.1, 0.15) is 11.6 Å². The van der Waals surface area contributed by atoms with E-state index in [1.54, 1.807) is 0 Å². The minimum absolute atomic E-state index is 0.306. The van der Waals surface area contributed by atoms with Crippen molar-refractivity contribution in [3.63, 3.8) is 0 Å². The first-order valence-corrected chi connectivity index (χ1v) is 9.12. The van der Waals surface area contributed by atoms with Crippen molar-refractivity contribution in [3.8, 4) is 0 Å². The molecule has 1 fully saturated rings. The fourth-order valence-electron chi connectivity index (χ4n) is 4.30. The zero-order valence-corrected chi connectivity index (χ0v) is 14.3. The summed E-state index contributed by atoms with van der Waals surface area (Å²) in [6, 6.07) is 15.3. The van der Waals surface area contributed by atoms with Crippen LogP contribution in [0.15, 0.2) is 60.2 Å². The van der Waals surface area contributed by atoms with Gasteiger partial charge in [0.25, 0.3) is 0 Å². The number of benzene rings is 2. The molecule has 0 N–H and O–H groups in total. The molecule has 3 heteroatoms. The maximum absolute atomic E-state index is 14.0. The smallest absolute Gasteiger partial charge is 0.126 e. The van der Waals surface area contributed by atoms with Gasteiger partial charge in [0.05, 0.1) is 0 Å². The fourth-order valence-corrected chi connectivity index (χ4v) is 4.30. The lowest BCUT2D eigenvalue weighted by molar-refractivity contribution is 0.0880. The number of halogens is 2. The van der Waals surface area contributed by atoms with Crippen LogP contribution in [0.25, 0.3) is 0 Å². The molecule has 2 atom stereocenters. The van der Waals surface area contributed by atoms with Gasteiger partial charge in [0.15, 0.2) is 0 Å². The van der Waals surface area contributed by atoms with Crippen LogP contribution >= 0.6 is 0 Å². The van der Waals surface area contributed by atoms with Crippen molar-refractivity contribution in [1.82, 2.24) is 4.90 Å². The van der Waals surface area contributed by atoms with E-state index in [1.807, 2.05) is 6.07 Å². The Hall–Kier alpha value is -2.00. The molecule has 0 aliphatic carbocycles. The average molecular weight is 339 g/mol. The average Bonchev–Trinajstić information content (AvgIpc) is 2.60. The van der Waals surface area contributed by atoms with E-state index in [1.165, 1.54) is 42.2 Å². The molecule has 4 rings (SSSR count). The maximum Gasteiger partial charge on any atom is 0.126 e. The van der Waals surface area contributed by atoms with Crippen LogP contribution in [-0.2, 0) is 13.0 Å². The minimum Gasteiger partial charge on any atom is -0.289 e. The van der Waals surface area contributed by atoms with Gasteiger partial charge in [0.2, 0.25) is 0 Å². The summed E-state index contributed by atoms with van der Waals surface area (Å²) in [4.78, 5) is 2.59. The quantitative estimate of drug-likeness (QED) is 0.687. The Morgan fingerprint density at radius 2 is 1.84 bits per heavy atom. The lowest BCUT2D eigenvalue weighted by atomic mass is 9.83. The molecule has 2 aliphatic rings. The molecular formula is C22H23F2N. The molecule has 0 amide bonds. The lowest BCUT2D eigenvalue weighted by Crippen LogP contribution is -2.48. The predicted molar refractivity (Wildman–Crippen MR) is 96.2 cm³/mol. The molecular weight excluding hydrogens is 316 g/mol. The second-order valence-corrected chi connectivity index (χ2v) is 7.25. The number of fused-ring (bicyclic) bond motifs is 2. The zero-order valence-electron chi connectivity index (χ0n) is 14.3. The third kappa shape index (κ3) is 3.67. The highest BCUT2D eigenvalue weighted by molar-refractivity contribution is 5.28. The van der Waals surface area contributed by atoms with Crippen LogP contribution < -0.4 is 0 Å². The van der Waals surface area contributed by atoms with Gasteiger partial charge in [-0.05, 0) is 55.0 Å². The van der Waals surface area contributed by atoms with Crippen molar-refractivity contribution in [2.24, 2.45) is 0 Å². The summed E-state index contributed by atoms with van der Waals surface area (Å²) in [7, 11) is 0. The molecule has 0 saturated carbocycles. The predicted octanol–water partition coefficient (Wildman–Crippen LogP) is 5.26. The third-order valence-corrected chi connectivity index (χ3v) is 5.49. The van der Waals surface area contributed by atoms with Crippen LogP contribution in [0.5, 0.6) is 0 Å². The van der Waals surface area contributed by atoms with Crippen LogP contribution in [0, 0.1) is 11.6 Å².